The van der Waals surface area contributed by atoms with Crippen molar-refractivity contribution < 1.29 is 14.3 Å². The first kappa shape index (κ1) is 32.1. The van der Waals surface area contributed by atoms with E-state index in [1.165, 1.54) is 11.8 Å². The quantitative estimate of drug-likeness (QED) is 0.173. The van der Waals surface area contributed by atoms with E-state index in [1.54, 1.807) is 0 Å². The molecule has 7 nitrogen and oxygen atoms in total. The molecule has 2 aliphatic rings. The first-order valence-corrected chi connectivity index (χ1v) is 17.4. The van der Waals surface area contributed by atoms with Gasteiger partial charge in [0, 0.05) is 63.2 Å². The number of aromatic amines is 1. The largest absolute Gasteiger partial charge is 0.379 e. The summed E-state index contributed by atoms with van der Waals surface area (Å²) >= 11 is 11.4. The number of carbonyl (C=O) groups excluding carboxylic acids is 2. The van der Waals surface area contributed by atoms with Crippen molar-refractivity contribution in [3.63, 3.8) is 0 Å². The molecule has 3 aromatic carbocycles. The van der Waals surface area contributed by atoms with Crippen molar-refractivity contribution in [2.45, 2.75) is 48.9 Å². The summed E-state index contributed by atoms with van der Waals surface area (Å²) in [7, 11) is 0. The number of aromatic nitrogens is 1. The molecule has 0 radical (unpaired) electrons. The van der Waals surface area contributed by atoms with E-state index in [9.17, 15) is 9.59 Å². The van der Waals surface area contributed by atoms with Gasteiger partial charge in [-0.3, -0.25) is 14.5 Å². The number of ether oxygens (including phenoxy) is 1. The molecular weight excluding hydrogens is 672 g/mol. The van der Waals surface area contributed by atoms with Crippen molar-refractivity contribution in [2.75, 3.05) is 39.4 Å². The van der Waals surface area contributed by atoms with Gasteiger partial charge in [-0.15, -0.1) is 11.8 Å². The summed E-state index contributed by atoms with van der Waals surface area (Å²) in [6.45, 7) is 9.26. The van der Waals surface area contributed by atoms with Crippen LogP contribution in [0.5, 0.6) is 0 Å². The standard InChI is InChI=1S/C35H38BrClN4O3S/c1-23-4-11-31(24(2)18-23)45-35(34(43)38-12-3-13-40-14-16-44-17-15-40)20-32(42)41(22-25-5-7-26(36)8-6-25)33(35)29-21-39-30-19-27(37)9-10-28(29)30/h4-11,18-19,21,33,39H,3,12-17,20,22H2,1-2H3,(H,38,43). The maximum absolute atomic E-state index is 14.7. The number of fused-ring (bicyclic) bond motifs is 1. The topological polar surface area (TPSA) is 77.7 Å². The third-order valence-corrected chi connectivity index (χ3v) is 11.1. The van der Waals surface area contributed by atoms with Gasteiger partial charge in [-0.2, -0.15) is 0 Å². The summed E-state index contributed by atoms with van der Waals surface area (Å²) in [5, 5.41) is 4.86. The van der Waals surface area contributed by atoms with Gasteiger partial charge in [-0.05, 0) is 68.3 Å². The van der Waals surface area contributed by atoms with Crippen molar-refractivity contribution >= 4 is 62.0 Å². The molecule has 2 atom stereocenters. The van der Waals surface area contributed by atoms with Crippen LogP contribution in [0.1, 0.15) is 41.1 Å². The second-order valence-electron chi connectivity index (χ2n) is 12.0. The van der Waals surface area contributed by atoms with Crippen molar-refractivity contribution in [2.24, 2.45) is 0 Å². The number of morpholine rings is 1. The fourth-order valence-corrected chi connectivity index (χ4v) is 8.39. The van der Waals surface area contributed by atoms with Gasteiger partial charge >= 0.3 is 0 Å². The number of amides is 2. The van der Waals surface area contributed by atoms with Crippen LogP contribution in [0.4, 0.5) is 0 Å². The zero-order chi connectivity index (χ0) is 31.6. The Hall–Kier alpha value is -2.82. The highest BCUT2D eigenvalue weighted by Crippen LogP contribution is 2.55. The molecule has 1 aromatic heterocycles. The second-order valence-corrected chi connectivity index (χ2v) is 14.7. The van der Waals surface area contributed by atoms with Crippen LogP contribution >= 0.6 is 39.3 Å². The fourth-order valence-electron chi connectivity index (χ4n) is 6.48. The maximum Gasteiger partial charge on any atom is 0.239 e. The van der Waals surface area contributed by atoms with Gasteiger partial charge in [0.1, 0.15) is 4.75 Å². The van der Waals surface area contributed by atoms with Gasteiger partial charge in [-0.1, -0.05) is 63.4 Å². The highest BCUT2D eigenvalue weighted by molar-refractivity contribution is 9.10. The van der Waals surface area contributed by atoms with Crippen molar-refractivity contribution in [3.8, 4) is 0 Å². The van der Waals surface area contributed by atoms with Crippen LogP contribution < -0.4 is 5.32 Å². The van der Waals surface area contributed by atoms with Crippen LogP contribution in [-0.4, -0.2) is 70.7 Å². The summed E-state index contributed by atoms with van der Waals surface area (Å²) in [5.74, 6) is -0.165. The molecule has 6 rings (SSSR count). The van der Waals surface area contributed by atoms with E-state index in [0.717, 1.165) is 81.8 Å². The third kappa shape index (κ3) is 6.98. The van der Waals surface area contributed by atoms with Gasteiger partial charge in [0.15, 0.2) is 0 Å². The molecule has 2 amide bonds. The molecule has 45 heavy (non-hydrogen) atoms. The normalized spacial score (nSPS) is 20.7. The molecule has 2 N–H and O–H groups in total. The Morgan fingerprint density at radius 1 is 1.11 bits per heavy atom. The number of aryl methyl sites for hydroxylation is 2. The number of carbonyl (C=O) groups is 2. The minimum Gasteiger partial charge on any atom is -0.379 e. The van der Waals surface area contributed by atoms with E-state index in [4.69, 9.17) is 16.3 Å². The number of hydrogen-bond donors (Lipinski definition) is 2. The molecule has 0 spiro atoms. The Morgan fingerprint density at radius 2 is 1.89 bits per heavy atom. The van der Waals surface area contributed by atoms with Crippen molar-refractivity contribution in [1.82, 2.24) is 20.1 Å². The monoisotopic (exact) mass is 708 g/mol. The lowest BCUT2D eigenvalue weighted by Gasteiger charge is -2.37. The zero-order valence-electron chi connectivity index (χ0n) is 25.6. The minimum atomic E-state index is -1.11. The van der Waals surface area contributed by atoms with Crippen LogP contribution in [0.25, 0.3) is 10.9 Å². The summed E-state index contributed by atoms with van der Waals surface area (Å²) in [5.41, 5.74) is 5.02. The lowest BCUT2D eigenvalue weighted by atomic mass is 9.91. The van der Waals surface area contributed by atoms with E-state index in [0.29, 0.717) is 18.1 Å². The van der Waals surface area contributed by atoms with Gasteiger partial charge in [-0.25, -0.2) is 0 Å². The number of thioether (sulfide) groups is 1. The fraction of sp³-hybridized carbons (Fsp3) is 0.371. The van der Waals surface area contributed by atoms with Gasteiger partial charge in [0.25, 0.3) is 0 Å². The molecule has 2 unspecified atom stereocenters. The van der Waals surface area contributed by atoms with E-state index < -0.39 is 10.8 Å². The third-order valence-electron chi connectivity index (χ3n) is 8.77. The highest BCUT2D eigenvalue weighted by atomic mass is 79.9. The van der Waals surface area contributed by atoms with Crippen LogP contribution in [0, 0.1) is 13.8 Å². The highest BCUT2D eigenvalue weighted by Gasteiger charge is 2.58. The van der Waals surface area contributed by atoms with E-state index in [1.807, 2.05) is 53.6 Å². The number of hydrogen-bond acceptors (Lipinski definition) is 5. The van der Waals surface area contributed by atoms with Gasteiger partial charge < -0.3 is 19.9 Å². The Kier molecular flexibility index (Phi) is 9.92. The summed E-state index contributed by atoms with van der Waals surface area (Å²) in [6, 6.07) is 19.5. The number of rotatable bonds is 10. The first-order chi connectivity index (χ1) is 21.7. The lowest BCUT2D eigenvalue weighted by Crippen LogP contribution is -2.49. The smallest absolute Gasteiger partial charge is 0.239 e. The number of benzene rings is 3. The number of halogens is 2. The molecule has 2 aliphatic heterocycles. The molecule has 0 aliphatic carbocycles. The van der Waals surface area contributed by atoms with Crippen LogP contribution in [0.3, 0.4) is 0 Å². The average molecular weight is 710 g/mol. The zero-order valence-corrected chi connectivity index (χ0v) is 28.7. The molecule has 10 heteroatoms. The van der Waals surface area contributed by atoms with Crippen molar-refractivity contribution in [1.29, 1.82) is 0 Å². The van der Waals surface area contributed by atoms with Crippen LogP contribution in [-0.2, 0) is 20.9 Å². The average Bonchev–Trinajstić information content (AvgIpc) is 3.55. The maximum atomic E-state index is 14.7. The predicted molar refractivity (Wildman–Crippen MR) is 185 cm³/mol. The summed E-state index contributed by atoms with van der Waals surface area (Å²) in [6.07, 6.45) is 2.85. The van der Waals surface area contributed by atoms with Crippen molar-refractivity contribution in [3.05, 3.63) is 98.6 Å². The van der Waals surface area contributed by atoms with E-state index in [-0.39, 0.29) is 18.2 Å². The number of likely N-dealkylation sites (tertiary alicyclic amines) is 1. The Balaban J connectivity index is 1.41. The SMILES string of the molecule is Cc1ccc(SC2(C(=O)NCCCN3CCOCC3)CC(=O)N(Cc3ccc(Br)cc3)C2c2c[nH]c3cc(Cl)ccc23)c(C)c1. The molecule has 0 bridgehead atoms. The predicted octanol–water partition coefficient (Wildman–Crippen LogP) is 7.04. The summed E-state index contributed by atoms with van der Waals surface area (Å²) < 4.78 is 5.35. The second kappa shape index (κ2) is 13.9. The molecule has 3 heterocycles. The van der Waals surface area contributed by atoms with E-state index >= 15 is 0 Å². The lowest BCUT2D eigenvalue weighted by molar-refractivity contribution is -0.129. The molecule has 0 saturated carbocycles. The molecule has 2 fully saturated rings. The van der Waals surface area contributed by atoms with Crippen LogP contribution in [0.15, 0.2) is 76.2 Å². The van der Waals surface area contributed by atoms with Gasteiger partial charge in [0.05, 0.1) is 25.7 Å². The first-order valence-electron chi connectivity index (χ1n) is 15.4. The Morgan fingerprint density at radius 3 is 2.64 bits per heavy atom. The minimum absolute atomic E-state index is 0.0491. The van der Waals surface area contributed by atoms with Crippen LogP contribution in [0.2, 0.25) is 5.02 Å². The summed E-state index contributed by atoms with van der Waals surface area (Å²) in [4.78, 5) is 37.5. The number of nitrogens with one attached hydrogen (secondary N) is 2. The Bertz CT molecular complexity index is 1690. The Labute approximate surface area is 282 Å². The molecular formula is C35H38BrClN4O3S. The number of nitrogens with zero attached hydrogens (tertiary/aromatic N) is 2. The van der Waals surface area contributed by atoms with Gasteiger partial charge in [0.2, 0.25) is 11.8 Å². The number of H-pyrrole nitrogens is 1. The van der Waals surface area contributed by atoms with E-state index in [2.05, 4.69) is 63.2 Å². The molecule has 236 valence electrons. The molecule has 2 saturated heterocycles. The molecule has 4 aromatic rings.